The van der Waals surface area contributed by atoms with Crippen molar-refractivity contribution in [2.45, 2.75) is 24.9 Å². The van der Waals surface area contributed by atoms with Crippen molar-refractivity contribution in [1.29, 1.82) is 0 Å². The molecular formula is C16H14ClF3N2O3S. The molecule has 10 heteroatoms. The summed E-state index contributed by atoms with van der Waals surface area (Å²) in [5.74, 6) is -0.558. The van der Waals surface area contributed by atoms with E-state index in [4.69, 9.17) is 11.6 Å². The monoisotopic (exact) mass is 406 g/mol. The molecule has 0 aromatic heterocycles. The number of sulfonamides is 1. The van der Waals surface area contributed by atoms with E-state index in [1.807, 2.05) is 4.72 Å². The van der Waals surface area contributed by atoms with Crippen LogP contribution in [0.5, 0.6) is 0 Å². The summed E-state index contributed by atoms with van der Waals surface area (Å²) in [4.78, 5) is 10.7. The van der Waals surface area contributed by atoms with Gasteiger partial charge in [0.15, 0.2) is 0 Å². The Labute approximate surface area is 153 Å². The highest BCUT2D eigenvalue weighted by Gasteiger charge is 2.35. The molecule has 0 bridgehead atoms. The van der Waals surface area contributed by atoms with Gasteiger partial charge in [-0.25, -0.2) is 8.42 Å². The minimum Gasteiger partial charge on any atom is -0.326 e. The highest BCUT2D eigenvalue weighted by Crippen LogP contribution is 2.38. The molecular weight excluding hydrogens is 393 g/mol. The molecule has 0 heterocycles. The number of rotatable bonds is 4. The van der Waals surface area contributed by atoms with E-state index >= 15 is 0 Å². The number of halogens is 4. The molecule has 0 saturated carbocycles. The molecule has 0 radical (unpaired) electrons. The molecule has 0 spiro atoms. The molecule has 5 nitrogen and oxygen atoms in total. The quantitative estimate of drug-likeness (QED) is 0.788. The summed E-state index contributed by atoms with van der Waals surface area (Å²) < 4.78 is 66.7. The third-order valence-electron chi connectivity index (χ3n) is 3.27. The van der Waals surface area contributed by atoms with Crippen molar-refractivity contribution >= 4 is 38.9 Å². The summed E-state index contributed by atoms with van der Waals surface area (Å²) in [7, 11) is -4.35. The van der Waals surface area contributed by atoms with E-state index in [2.05, 4.69) is 5.32 Å². The smallest absolute Gasteiger partial charge is 0.326 e. The summed E-state index contributed by atoms with van der Waals surface area (Å²) in [6.07, 6.45) is -4.84. The SMILES string of the molecule is CC(=O)Nc1ccc(NS(=O)(=O)c2ccc(C)cc2Cl)c(C(F)(F)F)c1. The van der Waals surface area contributed by atoms with Gasteiger partial charge in [0.05, 0.1) is 16.3 Å². The van der Waals surface area contributed by atoms with Crippen molar-refractivity contribution in [3.05, 3.63) is 52.5 Å². The van der Waals surface area contributed by atoms with Gasteiger partial charge in [-0.1, -0.05) is 17.7 Å². The number of aryl methyl sites for hydroxylation is 1. The van der Waals surface area contributed by atoms with E-state index in [1.165, 1.54) is 18.2 Å². The van der Waals surface area contributed by atoms with Crippen molar-refractivity contribution in [3.63, 3.8) is 0 Å². The number of alkyl halides is 3. The van der Waals surface area contributed by atoms with E-state index in [9.17, 15) is 26.4 Å². The van der Waals surface area contributed by atoms with Crippen LogP contribution in [-0.2, 0) is 21.0 Å². The molecule has 2 rings (SSSR count). The van der Waals surface area contributed by atoms with Gasteiger partial charge < -0.3 is 5.32 Å². The van der Waals surface area contributed by atoms with Crippen LogP contribution in [0.1, 0.15) is 18.1 Å². The lowest BCUT2D eigenvalue weighted by molar-refractivity contribution is -0.136. The molecule has 0 atom stereocenters. The molecule has 0 fully saturated rings. The van der Waals surface area contributed by atoms with Gasteiger partial charge in [0, 0.05) is 12.6 Å². The van der Waals surface area contributed by atoms with Crippen molar-refractivity contribution in [1.82, 2.24) is 0 Å². The van der Waals surface area contributed by atoms with Crippen LogP contribution in [-0.4, -0.2) is 14.3 Å². The lowest BCUT2D eigenvalue weighted by Gasteiger charge is -2.17. The number of amides is 1. The maximum absolute atomic E-state index is 13.3. The number of carbonyl (C=O) groups is 1. The van der Waals surface area contributed by atoms with Crippen molar-refractivity contribution in [2.24, 2.45) is 0 Å². The van der Waals surface area contributed by atoms with E-state index in [0.717, 1.165) is 19.1 Å². The summed E-state index contributed by atoms with van der Waals surface area (Å²) in [5.41, 5.74) is -1.33. The van der Waals surface area contributed by atoms with Gasteiger partial charge in [0.1, 0.15) is 4.90 Å². The molecule has 2 N–H and O–H groups in total. The second kappa shape index (κ2) is 7.16. The standard InChI is InChI=1S/C16H14ClF3N2O3S/c1-9-3-6-15(13(17)7-9)26(24,25)22-14-5-4-11(21-10(2)23)8-12(14)16(18,19)20/h3-8,22H,1-2H3,(H,21,23). The second-order valence-corrected chi connectivity index (χ2v) is 7.54. The largest absolute Gasteiger partial charge is 0.418 e. The molecule has 1 amide bonds. The highest BCUT2D eigenvalue weighted by molar-refractivity contribution is 7.92. The molecule has 26 heavy (non-hydrogen) atoms. The van der Waals surface area contributed by atoms with Crippen LogP contribution in [0.3, 0.4) is 0 Å². The average molecular weight is 407 g/mol. The normalized spacial score (nSPS) is 11.9. The first kappa shape index (κ1) is 20.1. The zero-order valence-electron chi connectivity index (χ0n) is 13.6. The number of anilines is 2. The van der Waals surface area contributed by atoms with E-state index in [1.54, 1.807) is 6.92 Å². The zero-order valence-corrected chi connectivity index (χ0v) is 15.2. The summed E-state index contributed by atoms with van der Waals surface area (Å²) in [6.45, 7) is 2.83. The number of benzene rings is 2. The first-order valence-corrected chi connectivity index (χ1v) is 9.04. The number of hydrogen-bond acceptors (Lipinski definition) is 3. The topological polar surface area (TPSA) is 75.3 Å². The predicted molar refractivity (Wildman–Crippen MR) is 92.7 cm³/mol. The van der Waals surface area contributed by atoms with E-state index in [-0.39, 0.29) is 15.6 Å². The first-order valence-electron chi connectivity index (χ1n) is 7.18. The number of nitrogens with one attached hydrogen (secondary N) is 2. The minimum absolute atomic E-state index is 0.110. The average Bonchev–Trinajstić information content (AvgIpc) is 2.46. The molecule has 0 aliphatic carbocycles. The van der Waals surface area contributed by atoms with Gasteiger partial charge in [0.25, 0.3) is 10.0 Å². The predicted octanol–water partition coefficient (Wildman–Crippen LogP) is 4.43. The van der Waals surface area contributed by atoms with Crippen LogP contribution in [0, 0.1) is 6.92 Å². The molecule has 0 aliphatic rings. The summed E-state index contributed by atoms with van der Waals surface area (Å²) >= 11 is 5.90. The molecule has 2 aromatic carbocycles. The van der Waals surface area contributed by atoms with Crippen LogP contribution in [0.4, 0.5) is 24.5 Å². The molecule has 140 valence electrons. The Hall–Kier alpha value is -2.26. The van der Waals surface area contributed by atoms with E-state index < -0.39 is 33.4 Å². The Balaban J connectivity index is 2.49. The lowest BCUT2D eigenvalue weighted by atomic mass is 10.1. The van der Waals surface area contributed by atoms with Crippen LogP contribution < -0.4 is 10.0 Å². The fraction of sp³-hybridized carbons (Fsp3) is 0.188. The van der Waals surface area contributed by atoms with Crippen molar-refractivity contribution < 1.29 is 26.4 Å². The van der Waals surface area contributed by atoms with Crippen LogP contribution in [0.15, 0.2) is 41.3 Å². The molecule has 0 saturated heterocycles. The van der Waals surface area contributed by atoms with Crippen molar-refractivity contribution in [3.8, 4) is 0 Å². The van der Waals surface area contributed by atoms with Gasteiger partial charge in [-0.2, -0.15) is 13.2 Å². The zero-order chi connectivity index (χ0) is 19.7. The van der Waals surface area contributed by atoms with Gasteiger partial charge in [-0.05, 0) is 42.8 Å². The Bertz CT molecular complexity index is 960. The Morgan fingerprint density at radius 3 is 2.31 bits per heavy atom. The van der Waals surface area contributed by atoms with Gasteiger partial charge >= 0.3 is 6.18 Å². The highest BCUT2D eigenvalue weighted by atomic mass is 35.5. The molecule has 0 aliphatic heterocycles. The summed E-state index contributed by atoms with van der Waals surface area (Å²) in [6, 6.07) is 6.81. The first-order chi connectivity index (χ1) is 11.9. The minimum atomic E-state index is -4.84. The molecule has 0 unspecified atom stereocenters. The Morgan fingerprint density at radius 1 is 1.12 bits per heavy atom. The van der Waals surface area contributed by atoms with Crippen molar-refractivity contribution in [2.75, 3.05) is 10.0 Å². The number of carbonyl (C=O) groups excluding carboxylic acids is 1. The maximum atomic E-state index is 13.3. The second-order valence-electron chi connectivity index (χ2n) is 5.48. The number of hydrogen-bond donors (Lipinski definition) is 2. The Kier molecular flexibility index (Phi) is 5.52. The van der Waals surface area contributed by atoms with Gasteiger partial charge in [-0.15, -0.1) is 0 Å². The van der Waals surface area contributed by atoms with Gasteiger partial charge in [-0.3, -0.25) is 9.52 Å². The van der Waals surface area contributed by atoms with E-state index in [0.29, 0.717) is 11.6 Å². The summed E-state index contributed by atoms with van der Waals surface area (Å²) in [5, 5.41) is 2.11. The third kappa shape index (κ3) is 4.67. The lowest BCUT2D eigenvalue weighted by Crippen LogP contribution is -2.18. The van der Waals surface area contributed by atoms with Crippen LogP contribution in [0.2, 0.25) is 5.02 Å². The third-order valence-corrected chi connectivity index (χ3v) is 5.11. The van der Waals surface area contributed by atoms with Crippen LogP contribution in [0.25, 0.3) is 0 Å². The van der Waals surface area contributed by atoms with Crippen LogP contribution >= 0.6 is 11.6 Å². The fourth-order valence-corrected chi connectivity index (χ4v) is 3.85. The molecule has 2 aromatic rings. The maximum Gasteiger partial charge on any atom is 0.418 e. The Morgan fingerprint density at radius 2 is 1.77 bits per heavy atom. The van der Waals surface area contributed by atoms with Gasteiger partial charge in [0.2, 0.25) is 5.91 Å². The fourth-order valence-electron chi connectivity index (χ4n) is 2.17.